The Morgan fingerprint density at radius 2 is 1.78 bits per heavy atom. The molecule has 1 aliphatic rings. The van der Waals surface area contributed by atoms with Crippen molar-refractivity contribution in [2.24, 2.45) is 10.9 Å². The number of carbonyl (C=O) groups excluding carboxylic acids is 1. The third kappa shape index (κ3) is 11.5. The quantitative estimate of drug-likeness (QED) is 0.0564. The molecule has 0 aliphatic heterocycles. The molecular formula is C36H51F4N5O4. The van der Waals surface area contributed by atoms with E-state index in [4.69, 9.17) is 21.0 Å². The second-order valence-corrected chi connectivity index (χ2v) is 11.1. The van der Waals surface area contributed by atoms with Gasteiger partial charge < -0.3 is 26.1 Å². The van der Waals surface area contributed by atoms with Crippen LogP contribution >= 0.6 is 0 Å². The number of nitrogen functional groups attached to an aromatic ring is 1. The summed E-state index contributed by atoms with van der Waals surface area (Å²) in [5.41, 5.74) is 10.2. The second-order valence-electron chi connectivity index (χ2n) is 11.1. The van der Waals surface area contributed by atoms with Crippen molar-refractivity contribution in [1.29, 1.82) is 0 Å². The molecule has 2 atom stereocenters. The molecule has 272 valence electrons. The number of nitrogens with two attached hydrogens (primary N) is 2. The van der Waals surface area contributed by atoms with Crippen molar-refractivity contribution in [2.75, 3.05) is 25.9 Å². The molecule has 0 bridgehead atoms. The summed E-state index contributed by atoms with van der Waals surface area (Å²) in [6.07, 6.45) is 5.34. The molecule has 2 aromatic carbocycles. The summed E-state index contributed by atoms with van der Waals surface area (Å²) in [6, 6.07) is 7.11. The van der Waals surface area contributed by atoms with E-state index in [1.165, 1.54) is 24.4 Å². The molecular weight excluding hydrogens is 642 g/mol. The Hall–Kier alpha value is -4.07. The molecule has 9 nitrogen and oxygen atoms in total. The van der Waals surface area contributed by atoms with Crippen LogP contribution in [0.25, 0.3) is 11.3 Å². The van der Waals surface area contributed by atoms with Crippen LogP contribution in [0.2, 0.25) is 0 Å². The average molecular weight is 694 g/mol. The van der Waals surface area contributed by atoms with Crippen molar-refractivity contribution in [3.05, 3.63) is 75.5 Å². The number of nitrogens with zero attached hydrogens (tertiary/aromatic N) is 2. The number of fused-ring (bicyclic) bond motifs is 1. The van der Waals surface area contributed by atoms with E-state index >= 15 is 4.39 Å². The first-order valence-electron chi connectivity index (χ1n) is 16.4. The van der Waals surface area contributed by atoms with Gasteiger partial charge in [-0.2, -0.15) is 8.78 Å². The largest absolute Gasteiger partial charge is 0.433 e. The van der Waals surface area contributed by atoms with E-state index in [1.807, 2.05) is 33.8 Å². The Labute approximate surface area is 286 Å². The summed E-state index contributed by atoms with van der Waals surface area (Å²) >= 11 is 0. The summed E-state index contributed by atoms with van der Waals surface area (Å²) in [7, 11) is 1.00. The van der Waals surface area contributed by atoms with Gasteiger partial charge in [0, 0.05) is 60.8 Å². The molecule has 0 radical (unpaired) electrons. The minimum atomic E-state index is -3.12. The number of aliphatic hydroxyl groups excluding tert-OH is 1. The van der Waals surface area contributed by atoms with Gasteiger partial charge in [-0.05, 0) is 79.5 Å². The van der Waals surface area contributed by atoms with Crippen molar-refractivity contribution in [1.82, 2.24) is 10.3 Å². The Kier molecular flexibility index (Phi) is 19.1. The fourth-order valence-electron chi connectivity index (χ4n) is 5.49. The number of benzene rings is 2. The van der Waals surface area contributed by atoms with Gasteiger partial charge in [0.05, 0.1) is 11.4 Å². The molecule has 0 fully saturated rings. The zero-order chi connectivity index (χ0) is 37.3. The number of pyridine rings is 1. The van der Waals surface area contributed by atoms with Gasteiger partial charge >= 0.3 is 6.61 Å². The summed E-state index contributed by atoms with van der Waals surface area (Å²) < 4.78 is 59.9. The number of aliphatic imine (C=N–C) groups is 1. The monoisotopic (exact) mass is 693 g/mol. The van der Waals surface area contributed by atoms with Crippen LogP contribution in [-0.4, -0.2) is 54.2 Å². The predicted octanol–water partition coefficient (Wildman–Crippen LogP) is 7.68. The lowest BCUT2D eigenvalue weighted by atomic mass is 9.92. The Morgan fingerprint density at radius 1 is 1.10 bits per heavy atom. The molecule has 0 spiro atoms. The molecule has 49 heavy (non-hydrogen) atoms. The van der Waals surface area contributed by atoms with Crippen LogP contribution in [0.3, 0.4) is 0 Å². The molecule has 1 aliphatic carbocycles. The Balaban J connectivity index is 0.00000189. The van der Waals surface area contributed by atoms with E-state index in [0.717, 1.165) is 50.0 Å². The van der Waals surface area contributed by atoms with Gasteiger partial charge in [0.25, 0.3) is 5.91 Å². The predicted molar refractivity (Wildman–Crippen MR) is 187 cm³/mol. The van der Waals surface area contributed by atoms with E-state index in [9.17, 15) is 18.0 Å². The van der Waals surface area contributed by atoms with E-state index < -0.39 is 24.2 Å². The number of carbonyl (C=O) groups is 1. The smallest absolute Gasteiger partial charge is 0.387 e. The minimum Gasteiger partial charge on any atom is -0.433 e. The van der Waals surface area contributed by atoms with Crippen LogP contribution in [0, 0.1) is 18.6 Å². The van der Waals surface area contributed by atoms with Gasteiger partial charge in [-0.3, -0.25) is 14.8 Å². The highest BCUT2D eigenvalue weighted by atomic mass is 19.3. The number of rotatable bonds is 12. The summed E-state index contributed by atoms with van der Waals surface area (Å²) in [5.74, 6) is 1.44. The maximum atomic E-state index is 15.1. The number of hydrogen-bond donors (Lipinski definition) is 5. The molecule has 4 rings (SSSR count). The van der Waals surface area contributed by atoms with Crippen LogP contribution in [0.5, 0.6) is 5.75 Å². The number of anilines is 1. The third-order valence-corrected chi connectivity index (χ3v) is 7.84. The highest BCUT2D eigenvalue weighted by Crippen LogP contribution is 2.41. The third-order valence-electron chi connectivity index (χ3n) is 7.84. The van der Waals surface area contributed by atoms with Gasteiger partial charge in [0.1, 0.15) is 17.4 Å². The lowest BCUT2D eigenvalue weighted by molar-refractivity contribution is -0.0493. The van der Waals surface area contributed by atoms with E-state index in [-0.39, 0.29) is 40.9 Å². The second kappa shape index (κ2) is 21.8. The van der Waals surface area contributed by atoms with E-state index in [2.05, 4.69) is 27.9 Å². The van der Waals surface area contributed by atoms with Crippen LogP contribution in [0.4, 0.5) is 23.2 Å². The fourth-order valence-corrected chi connectivity index (χ4v) is 5.49. The summed E-state index contributed by atoms with van der Waals surface area (Å²) in [6.45, 7) is 9.26. The van der Waals surface area contributed by atoms with Crippen molar-refractivity contribution >= 4 is 17.8 Å². The van der Waals surface area contributed by atoms with Crippen molar-refractivity contribution in [3.63, 3.8) is 0 Å². The Morgan fingerprint density at radius 3 is 2.39 bits per heavy atom. The van der Waals surface area contributed by atoms with Gasteiger partial charge in [0.2, 0.25) is 0 Å². The van der Waals surface area contributed by atoms with Crippen molar-refractivity contribution in [3.8, 4) is 17.0 Å². The fraction of sp³-hybridized carbons (Fsp3) is 0.472. The highest BCUT2D eigenvalue weighted by molar-refractivity contribution is 5.99. The number of aryl methyl sites for hydroxylation is 1. The molecule has 13 heteroatoms. The van der Waals surface area contributed by atoms with Crippen LogP contribution in [-0.2, 0) is 6.42 Å². The number of aliphatic hydroxyl groups is 1. The lowest BCUT2D eigenvalue weighted by Gasteiger charge is -2.21. The number of ether oxygens (including phenoxy) is 1. The molecule has 2 unspecified atom stereocenters. The molecule has 1 aromatic heterocycles. The molecule has 0 saturated carbocycles. The van der Waals surface area contributed by atoms with Crippen molar-refractivity contribution < 1.29 is 37.4 Å². The Bertz CT molecular complexity index is 1520. The average Bonchev–Trinajstić information content (AvgIpc) is 3.48. The van der Waals surface area contributed by atoms with Crippen LogP contribution < -0.4 is 21.7 Å². The van der Waals surface area contributed by atoms with E-state index in [1.54, 1.807) is 6.92 Å². The van der Waals surface area contributed by atoms with Crippen LogP contribution in [0.15, 0.2) is 35.3 Å². The first kappa shape index (κ1) is 43.0. The topological polar surface area (TPSA) is 156 Å². The standard InChI is InChI=1S/C33H38F4N4O2.C2H6.CH4O.H3NO/c1-5-7-20(17-40-32(42)21-12-22(16-39-10-6-2)30(38)29(13-21)43-33(36)37)28-14-24-18(3)8-9-23(24)31(41-28)25-11-19(4)26(34)15-27(25)35;3*1-2/h11-16,18,20,33H,5-10,17,38H2,1-4H3,(H,40,42);1-2H3;2H,1H3;2H,1H2. The van der Waals surface area contributed by atoms with Gasteiger partial charge in [-0.25, -0.2) is 14.7 Å². The number of aromatic nitrogens is 1. The lowest BCUT2D eigenvalue weighted by Crippen LogP contribution is -2.29. The number of halogens is 4. The minimum absolute atomic E-state index is 0.0344. The normalized spacial score (nSPS) is 13.7. The SMILES string of the molecule is CC.CCCN=Cc1cc(C(=O)NCC(CCC)c2cc3c(c(-c4cc(C)c(F)cc4F)n2)CCC3C)cc(OC(F)F)c1N.CO.NO. The molecule has 1 heterocycles. The first-order chi connectivity index (χ1) is 23.5. The highest BCUT2D eigenvalue weighted by Gasteiger charge is 2.28. The maximum absolute atomic E-state index is 15.1. The number of alkyl halides is 2. The van der Waals surface area contributed by atoms with Crippen molar-refractivity contribution in [2.45, 2.75) is 92.1 Å². The van der Waals surface area contributed by atoms with Gasteiger partial charge in [-0.15, -0.1) is 0 Å². The molecule has 7 N–H and O–H groups in total. The van der Waals surface area contributed by atoms with Gasteiger partial charge in [0.15, 0.2) is 0 Å². The van der Waals surface area contributed by atoms with Crippen LogP contribution in [0.1, 0.15) is 110 Å². The zero-order valence-electron chi connectivity index (χ0n) is 29.4. The number of amides is 1. The van der Waals surface area contributed by atoms with Gasteiger partial charge in [-0.1, -0.05) is 41.0 Å². The van der Waals surface area contributed by atoms with E-state index in [0.29, 0.717) is 35.5 Å². The first-order valence-corrected chi connectivity index (χ1v) is 16.4. The maximum Gasteiger partial charge on any atom is 0.387 e. The summed E-state index contributed by atoms with van der Waals surface area (Å²) in [5, 5.41) is 16.4. The summed E-state index contributed by atoms with van der Waals surface area (Å²) in [4.78, 5) is 22.5. The molecule has 1 amide bonds. The molecule has 0 saturated heterocycles. The number of nitrogens with one attached hydrogen (secondary N) is 1. The molecule has 3 aromatic rings. The number of hydrogen-bond acceptors (Lipinski definition) is 8. The zero-order valence-corrected chi connectivity index (χ0v) is 29.4.